The van der Waals surface area contributed by atoms with Gasteiger partial charge in [-0.25, -0.2) is 14.4 Å². The topological polar surface area (TPSA) is 41.0 Å². The van der Waals surface area contributed by atoms with Crippen LogP contribution < -0.4 is 5.32 Å². The van der Waals surface area contributed by atoms with Crippen molar-refractivity contribution in [3.63, 3.8) is 0 Å². The van der Waals surface area contributed by atoms with Gasteiger partial charge in [0.05, 0.1) is 0 Å². The minimum Gasteiger partial charge on any atom is -0.366 e. The van der Waals surface area contributed by atoms with E-state index >= 15 is 0 Å². The second-order valence-electron chi connectivity index (χ2n) is 5.06. The van der Waals surface area contributed by atoms with E-state index in [-0.39, 0.29) is 5.82 Å². The van der Waals surface area contributed by atoms with E-state index in [4.69, 9.17) is 0 Å². The van der Waals surface area contributed by atoms with Crippen LogP contribution in [0.25, 0.3) is 0 Å². The highest BCUT2D eigenvalue weighted by Gasteiger charge is 2.05. The predicted molar refractivity (Wildman–Crippen MR) is 77.9 cm³/mol. The number of hydrogen-bond donors (Lipinski definition) is 1. The fourth-order valence-electron chi connectivity index (χ4n) is 1.91. The SMILES string of the molecule is Cc1cc(NCc2ccc(CN(C)C)c(F)c2)ncn1. The van der Waals surface area contributed by atoms with Gasteiger partial charge in [0, 0.05) is 30.4 Å². The largest absolute Gasteiger partial charge is 0.366 e. The van der Waals surface area contributed by atoms with E-state index in [1.165, 1.54) is 6.33 Å². The molecule has 0 atom stereocenters. The van der Waals surface area contributed by atoms with Gasteiger partial charge in [-0.3, -0.25) is 0 Å². The third-order valence-corrected chi connectivity index (χ3v) is 2.88. The van der Waals surface area contributed by atoms with Gasteiger partial charge in [-0.2, -0.15) is 0 Å². The fourth-order valence-corrected chi connectivity index (χ4v) is 1.91. The lowest BCUT2D eigenvalue weighted by Gasteiger charge is -2.12. The van der Waals surface area contributed by atoms with Crippen molar-refractivity contribution in [3.05, 3.63) is 53.2 Å². The summed E-state index contributed by atoms with van der Waals surface area (Å²) >= 11 is 0. The Balaban J connectivity index is 2.02. The molecule has 106 valence electrons. The van der Waals surface area contributed by atoms with E-state index in [1.54, 1.807) is 6.07 Å². The first-order chi connectivity index (χ1) is 9.54. The second kappa shape index (κ2) is 6.43. The van der Waals surface area contributed by atoms with Crippen LogP contribution >= 0.6 is 0 Å². The normalized spacial score (nSPS) is 10.8. The molecule has 0 aliphatic heterocycles. The first-order valence-electron chi connectivity index (χ1n) is 6.49. The minimum absolute atomic E-state index is 0.170. The molecule has 1 aromatic heterocycles. The van der Waals surface area contributed by atoms with Gasteiger partial charge < -0.3 is 10.2 Å². The number of rotatable bonds is 5. The van der Waals surface area contributed by atoms with Gasteiger partial charge in [-0.05, 0) is 32.6 Å². The lowest BCUT2D eigenvalue weighted by atomic mass is 10.1. The van der Waals surface area contributed by atoms with Crippen LogP contribution in [0.2, 0.25) is 0 Å². The summed E-state index contributed by atoms with van der Waals surface area (Å²) in [6.07, 6.45) is 1.51. The maximum Gasteiger partial charge on any atom is 0.129 e. The first-order valence-corrected chi connectivity index (χ1v) is 6.49. The average Bonchev–Trinajstić information content (AvgIpc) is 2.39. The molecular weight excluding hydrogens is 255 g/mol. The molecule has 0 fully saturated rings. The molecule has 5 heteroatoms. The Hall–Kier alpha value is -2.01. The van der Waals surface area contributed by atoms with Crippen molar-refractivity contribution < 1.29 is 4.39 Å². The van der Waals surface area contributed by atoms with Gasteiger partial charge in [0.25, 0.3) is 0 Å². The Morgan fingerprint density at radius 2 is 2.00 bits per heavy atom. The molecule has 0 aliphatic rings. The molecule has 0 spiro atoms. The second-order valence-corrected chi connectivity index (χ2v) is 5.06. The van der Waals surface area contributed by atoms with E-state index in [9.17, 15) is 4.39 Å². The van der Waals surface area contributed by atoms with Crippen LogP contribution in [0.4, 0.5) is 10.2 Å². The number of nitrogens with zero attached hydrogens (tertiary/aromatic N) is 3. The Bertz CT molecular complexity index is 584. The van der Waals surface area contributed by atoms with Gasteiger partial charge in [0.15, 0.2) is 0 Å². The monoisotopic (exact) mass is 274 g/mol. The zero-order valence-corrected chi connectivity index (χ0v) is 12.0. The van der Waals surface area contributed by atoms with E-state index in [2.05, 4.69) is 15.3 Å². The van der Waals surface area contributed by atoms with Crippen molar-refractivity contribution in [2.45, 2.75) is 20.0 Å². The van der Waals surface area contributed by atoms with E-state index in [0.717, 1.165) is 17.1 Å². The summed E-state index contributed by atoms with van der Waals surface area (Å²) in [4.78, 5) is 10.1. The van der Waals surface area contributed by atoms with E-state index in [1.807, 2.05) is 44.1 Å². The number of aromatic nitrogens is 2. The molecular formula is C15H19FN4. The van der Waals surface area contributed by atoms with E-state index < -0.39 is 0 Å². The first kappa shape index (κ1) is 14.4. The molecule has 0 saturated carbocycles. The maximum atomic E-state index is 13.9. The molecule has 0 saturated heterocycles. The third-order valence-electron chi connectivity index (χ3n) is 2.88. The zero-order valence-electron chi connectivity index (χ0n) is 12.0. The number of aryl methyl sites for hydroxylation is 1. The quantitative estimate of drug-likeness (QED) is 0.910. The Labute approximate surface area is 118 Å². The highest BCUT2D eigenvalue weighted by atomic mass is 19.1. The molecule has 4 nitrogen and oxygen atoms in total. The molecule has 1 heterocycles. The van der Waals surface area contributed by atoms with Gasteiger partial charge in [-0.15, -0.1) is 0 Å². The Morgan fingerprint density at radius 3 is 2.65 bits per heavy atom. The lowest BCUT2D eigenvalue weighted by molar-refractivity contribution is 0.392. The molecule has 0 unspecified atom stereocenters. The third kappa shape index (κ3) is 3.99. The molecule has 0 bridgehead atoms. The predicted octanol–water partition coefficient (Wildman–Crippen LogP) is 2.60. The lowest BCUT2D eigenvalue weighted by Crippen LogP contribution is -2.12. The standard InChI is InChI=1S/C15H19FN4/c1-11-6-15(19-10-18-11)17-8-12-4-5-13(9-20(2)3)14(16)7-12/h4-7,10H,8-9H2,1-3H3,(H,17,18,19). The molecule has 2 rings (SSSR count). The zero-order chi connectivity index (χ0) is 14.5. The number of hydrogen-bond acceptors (Lipinski definition) is 4. The Morgan fingerprint density at radius 1 is 1.20 bits per heavy atom. The van der Waals surface area contributed by atoms with Crippen LogP contribution in [-0.2, 0) is 13.1 Å². The van der Waals surface area contributed by atoms with Gasteiger partial charge in [0.1, 0.15) is 18.0 Å². The summed E-state index contributed by atoms with van der Waals surface area (Å²) in [6.45, 7) is 3.04. The van der Waals surface area contributed by atoms with Gasteiger partial charge in [0.2, 0.25) is 0 Å². The summed E-state index contributed by atoms with van der Waals surface area (Å²) in [7, 11) is 3.85. The van der Waals surface area contributed by atoms with Crippen molar-refractivity contribution in [3.8, 4) is 0 Å². The molecule has 1 aromatic carbocycles. The van der Waals surface area contributed by atoms with Crippen LogP contribution in [0.15, 0.2) is 30.6 Å². The Kier molecular flexibility index (Phi) is 4.63. The average molecular weight is 274 g/mol. The summed E-state index contributed by atoms with van der Waals surface area (Å²) in [5.74, 6) is 0.576. The summed E-state index contributed by atoms with van der Waals surface area (Å²) < 4.78 is 13.9. The summed E-state index contributed by atoms with van der Waals surface area (Å²) in [5, 5.41) is 3.16. The number of benzene rings is 1. The van der Waals surface area contributed by atoms with Crippen LogP contribution in [0, 0.1) is 12.7 Å². The smallest absolute Gasteiger partial charge is 0.129 e. The van der Waals surface area contributed by atoms with Gasteiger partial charge in [-0.1, -0.05) is 12.1 Å². The van der Waals surface area contributed by atoms with Crippen LogP contribution in [0.3, 0.4) is 0 Å². The van der Waals surface area contributed by atoms with Crippen molar-refractivity contribution in [1.29, 1.82) is 0 Å². The highest BCUT2D eigenvalue weighted by Crippen LogP contribution is 2.13. The molecule has 2 aromatic rings. The molecule has 0 amide bonds. The van der Waals surface area contributed by atoms with Crippen LogP contribution in [0.5, 0.6) is 0 Å². The number of anilines is 1. The van der Waals surface area contributed by atoms with Crippen molar-refractivity contribution in [2.24, 2.45) is 0 Å². The van der Waals surface area contributed by atoms with Crippen molar-refractivity contribution in [2.75, 3.05) is 19.4 Å². The molecule has 0 aliphatic carbocycles. The number of nitrogens with one attached hydrogen (secondary N) is 1. The van der Waals surface area contributed by atoms with Crippen molar-refractivity contribution >= 4 is 5.82 Å². The molecule has 0 radical (unpaired) electrons. The van der Waals surface area contributed by atoms with E-state index in [0.29, 0.717) is 18.7 Å². The summed E-state index contributed by atoms with van der Waals surface area (Å²) in [5.41, 5.74) is 2.49. The molecule has 20 heavy (non-hydrogen) atoms. The van der Waals surface area contributed by atoms with Crippen LogP contribution in [-0.4, -0.2) is 29.0 Å². The van der Waals surface area contributed by atoms with Crippen molar-refractivity contribution in [1.82, 2.24) is 14.9 Å². The fraction of sp³-hybridized carbons (Fsp3) is 0.333. The minimum atomic E-state index is -0.170. The van der Waals surface area contributed by atoms with Crippen LogP contribution in [0.1, 0.15) is 16.8 Å². The number of halogens is 1. The highest BCUT2D eigenvalue weighted by molar-refractivity contribution is 5.36. The maximum absolute atomic E-state index is 13.9. The summed E-state index contributed by atoms with van der Waals surface area (Å²) in [6, 6.07) is 7.19. The van der Waals surface area contributed by atoms with Gasteiger partial charge >= 0.3 is 0 Å². The molecule has 1 N–H and O–H groups in total.